The number of piperazine rings is 1. The van der Waals surface area contributed by atoms with E-state index >= 15 is 0 Å². The Bertz CT molecular complexity index is 759. The Morgan fingerprint density at radius 3 is 2.60 bits per heavy atom. The van der Waals surface area contributed by atoms with Crippen LogP contribution < -0.4 is 4.90 Å². The van der Waals surface area contributed by atoms with Crippen LogP contribution in [0.4, 0.5) is 5.69 Å². The second kappa shape index (κ2) is 8.09. The predicted octanol–water partition coefficient (Wildman–Crippen LogP) is 1.98. The fraction of sp³-hybridized carbons (Fsp3) is 0.278. The molecule has 0 aromatic heterocycles. The van der Waals surface area contributed by atoms with E-state index in [1.807, 2.05) is 11.1 Å². The van der Waals surface area contributed by atoms with Gasteiger partial charge >= 0.3 is 0 Å². The molecule has 1 N–H and O–H groups in total. The van der Waals surface area contributed by atoms with Gasteiger partial charge in [0.15, 0.2) is 0 Å². The molecule has 0 unspecified atom stereocenters. The molecule has 0 radical (unpaired) electrons. The fourth-order valence-corrected chi connectivity index (χ4v) is 3.04. The first kappa shape index (κ1) is 17.4. The van der Waals surface area contributed by atoms with Crippen molar-refractivity contribution in [2.24, 2.45) is 5.10 Å². The van der Waals surface area contributed by atoms with Gasteiger partial charge in [0, 0.05) is 28.3 Å². The number of nitrogens with one attached hydrogen (secondary N) is 1. The zero-order chi connectivity index (χ0) is 17.6. The number of halogens is 1. The minimum absolute atomic E-state index is 0.0166. The molecule has 1 aliphatic rings. The molecule has 1 fully saturated rings. The summed E-state index contributed by atoms with van der Waals surface area (Å²) in [4.78, 5) is 12.0. The number of non-ortho nitro benzene ring substituents is 1. The minimum Gasteiger partial charge on any atom is -0.328 e. The van der Waals surface area contributed by atoms with E-state index in [0.717, 1.165) is 32.7 Å². The molecule has 0 aliphatic carbocycles. The van der Waals surface area contributed by atoms with Crippen molar-refractivity contribution >= 4 is 23.5 Å². The van der Waals surface area contributed by atoms with Gasteiger partial charge < -0.3 is 4.90 Å². The van der Waals surface area contributed by atoms with E-state index in [1.165, 1.54) is 28.7 Å². The van der Waals surface area contributed by atoms with Crippen molar-refractivity contribution < 1.29 is 9.82 Å². The Morgan fingerprint density at radius 2 is 1.92 bits per heavy atom. The molecule has 130 valence electrons. The minimum atomic E-state index is -0.431. The Labute approximate surface area is 151 Å². The lowest BCUT2D eigenvalue weighted by atomic mass is 10.2. The Kier molecular flexibility index (Phi) is 5.63. The molecule has 1 saturated heterocycles. The molecule has 0 saturated carbocycles. The van der Waals surface area contributed by atoms with Crippen LogP contribution in [0.2, 0.25) is 5.02 Å². The van der Waals surface area contributed by atoms with Crippen LogP contribution >= 0.6 is 11.6 Å². The lowest BCUT2D eigenvalue weighted by Gasteiger charge is -2.30. The smallest absolute Gasteiger partial charge is 0.270 e. The first-order valence-corrected chi connectivity index (χ1v) is 8.60. The van der Waals surface area contributed by atoms with E-state index < -0.39 is 4.92 Å². The van der Waals surface area contributed by atoms with Gasteiger partial charge in [-0.3, -0.25) is 15.1 Å². The highest BCUT2D eigenvalue weighted by molar-refractivity contribution is 6.33. The van der Waals surface area contributed by atoms with Crippen molar-refractivity contribution in [2.75, 3.05) is 26.2 Å². The maximum Gasteiger partial charge on any atom is 0.270 e. The third kappa shape index (κ3) is 4.78. The molecule has 1 aliphatic heterocycles. The second-order valence-corrected chi connectivity index (χ2v) is 6.48. The summed E-state index contributed by atoms with van der Waals surface area (Å²) in [6.07, 6.45) is 1.61. The normalized spacial score (nSPS) is 15.6. The molecule has 2 aromatic rings. The average molecular weight is 360 g/mol. The summed E-state index contributed by atoms with van der Waals surface area (Å²) < 4.78 is 0. The summed E-state index contributed by atoms with van der Waals surface area (Å²) >= 11 is 6.10. The standard InChI is InChI=1S/C18H19ClN4O2/c19-18-7-6-17(23(24)25)12-16(18)13-20-22-10-8-21(9-11-22)14-15-4-2-1-3-5-15/h1-7,12-13H,8-11,14H2/p+1/b20-13-. The van der Waals surface area contributed by atoms with E-state index in [0.29, 0.717) is 10.6 Å². The monoisotopic (exact) mass is 359 g/mol. The number of nitro benzene ring substituents is 1. The summed E-state index contributed by atoms with van der Waals surface area (Å²) in [5.41, 5.74) is 1.93. The molecule has 0 spiro atoms. The fourth-order valence-electron chi connectivity index (χ4n) is 2.88. The van der Waals surface area contributed by atoms with Gasteiger partial charge in [-0.25, -0.2) is 0 Å². The van der Waals surface area contributed by atoms with Crippen molar-refractivity contribution in [1.29, 1.82) is 0 Å². The maximum absolute atomic E-state index is 10.9. The van der Waals surface area contributed by atoms with Crippen LogP contribution in [0.5, 0.6) is 0 Å². The van der Waals surface area contributed by atoms with Gasteiger partial charge in [-0.05, 0) is 6.07 Å². The molecule has 1 heterocycles. The number of nitrogens with zero attached hydrogens (tertiary/aromatic N) is 3. The summed E-state index contributed by atoms with van der Waals surface area (Å²) in [7, 11) is 0. The number of quaternary nitrogens is 1. The van der Waals surface area contributed by atoms with E-state index in [4.69, 9.17) is 11.6 Å². The van der Waals surface area contributed by atoms with Crippen LogP contribution in [0, 0.1) is 10.1 Å². The first-order valence-electron chi connectivity index (χ1n) is 8.22. The molecule has 2 aromatic carbocycles. The molecule has 25 heavy (non-hydrogen) atoms. The molecular weight excluding hydrogens is 340 g/mol. The molecular formula is C18H20ClN4O2+. The topological polar surface area (TPSA) is 63.2 Å². The molecule has 6 nitrogen and oxygen atoms in total. The van der Waals surface area contributed by atoms with E-state index in [1.54, 1.807) is 6.21 Å². The van der Waals surface area contributed by atoms with Crippen LogP contribution in [-0.4, -0.2) is 42.3 Å². The number of nitro groups is 1. The highest BCUT2D eigenvalue weighted by Crippen LogP contribution is 2.20. The number of hydrogen-bond donors (Lipinski definition) is 1. The third-order valence-corrected chi connectivity index (χ3v) is 4.64. The lowest BCUT2D eigenvalue weighted by molar-refractivity contribution is -0.918. The molecule has 3 rings (SSSR count). The predicted molar refractivity (Wildman–Crippen MR) is 98.1 cm³/mol. The Hall–Kier alpha value is -2.44. The van der Waals surface area contributed by atoms with Crippen molar-refractivity contribution in [3.05, 3.63) is 74.8 Å². The van der Waals surface area contributed by atoms with Gasteiger partial charge in [0.2, 0.25) is 0 Å². The zero-order valence-corrected chi connectivity index (χ0v) is 14.5. The number of benzene rings is 2. The number of hydrazone groups is 1. The highest BCUT2D eigenvalue weighted by atomic mass is 35.5. The van der Waals surface area contributed by atoms with Crippen LogP contribution in [0.25, 0.3) is 0 Å². The largest absolute Gasteiger partial charge is 0.328 e. The SMILES string of the molecule is O=[N+]([O-])c1ccc(Cl)c(/C=N\N2CC[NH+](Cc3ccccc3)CC2)c1. The van der Waals surface area contributed by atoms with Crippen LogP contribution in [0.3, 0.4) is 0 Å². The summed E-state index contributed by atoms with van der Waals surface area (Å²) in [5.74, 6) is 0. The number of rotatable bonds is 5. The summed E-state index contributed by atoms with van der Waals surface area (Å²) in [6, 6.07) is 14.8. The third-order valence-electron chi connectivity index (χ3n) is 4.29. The molecule has 7 heteroatoms. The van der Waals surface area contributed by atoms with Gasteiger partial charge in [-0.15, -0.1) is 0 Å². The van der Waals surface area contributed by atoms with Gasteiger partial charge in [-0.1, -0.05) is 41.9 Å². The van der Waals surface area contributed by atoms with Gasteiger partial charge in [0.25, 0.3) is 5.69 Å². The first-order chi connectivity index (χ1) is 12.1. The quantitative estimate of drug-likeness (QED) is 0.504. The molecule has 0 bridgehead atoms. The Balaban J connectivity index is 1.56. The highest BCUT2D eigenvalue weighted by Gasteiger charge is 2.18. The van der Waals surface area contributed by atoms with Crippen LogP contribution in [0.15, 0.2) is 53.6 Å². The van der Waals surface area contributed by atoms with E-state index in [9.17, 15) is 10.1 Å². The zero-order valence-electron chi connectivity index (χ0n) is 13.8. The lowest BCUT2D eigenvalue weighted by Crippen LogP contribution is -3.13. The molecule has 0 atom stereocenters. The van der Waals surface area contributed by atoms with Crippen molar-refractivity contribution in [2.45, 2.75) is 6.54 Å². The van der Waals surface area contributed by atoms with E-state index in [2.05, 4.69) is 29.4 Å². The van der Waals surface area contributed by atoms with Crippen LogP contribution in [0.1, 0.15) is 11.1 Å². The average Bonchev–Trinajstić information content (AvgIpc) is 2.63. The van der Waals surface area contributed by atoms with Crippen molar-refractivity contribution in [1.82, 2.24) is 5.01 Å². The van der Waals surface area contributed by atoms with Crippen LogP contribution in [-0.2, 0) is 6.54 Å². The van der Waals surface area contributed by atoms with Gasteiger partial charge in [0.1, 0.15) is 6.54 Å². The maximum atomic E-state index is 10.9. The van der Waals surface area contributed by atoms with Gasteiger partial charge in [-0.2, -0.15) is 5.10 Å². The summed E-state index contributed by atoms with van der Waals surface area (Å²) in [6.45, 7) is 4.75. The number of hydrogen-bond acceptors (Lipinski definition) is 4. The van der Waals surface area contributed by atoms with Gasteiger partial charge in [0.05, 0.1) is 37.3 Å². The summed E-state index contributed by atoms with van der Waals surface area (Å²) in [5, 5.41) is 17.8. The Morgan fingerprint density at radius 1 is 1.20 bits per heavy atom. The molecule has 0 amide bonds. The van der Waals surface area contributed by atoms with Crippen molar-refractivity contribution in [3.8, 4) is 0 Å². The second-order valence-electron chi connectivity index (χ2n) is 6.07. The van der Waals surface area contributed by atoms with E-state index in [-0.39, 0.29) is 5.69 Å². The van der Waals surface area contributed by atoms with Crippen molar-refractivity contribution in [3.63, 3.8) is 0 Å².